The van der Waals surface area contributed by atoms with E-state index in [2.05, 4.69) is 56.9 Å². The van der Waals surface area contributed by atoms with Crippen molar-refractivity contribution in [1.29, 1.82) is 0 Å². The molecule has 2 aromatic carbocycles. The lowest BCUT2D eigenvalue weighted by molar-refractivity contribution is 0.172. The summed E-state index contributed by atoms with van der Waals surface area (Å²) in [4.78, 5) is 6.65. The fourth-order valence-electron chi connectivity index (χ4n) is 3.07. The number of nitrogens with zero attached hydrogens (tertiary/aromatic N) is 2. The van der Waals surface area contributed by atoms with Crippen molar-refractivity contribution in [2.45, 2.75) is 13.0 Å². The molecule has 2 aromatic rings. The predicted octanol–water partition coefficient (Wildman–Crippen LogP) is 3.67. The van der Waals surface area contributed by atoms with Crippen LogP contribution in [-0.2, 0) is 11.3 Å². The number of methoxy groups -OCH3 is 1. The number of rotatable bonds is 9. The van der Waals surface area contributed by atoms with Crippen LogP contribution >= 0.6 is 0 Å². The molecule has 0 fully saturated rings. The first-order valence-electron chi connectivity index (χ1n) is 9.97. The standard InChI is InChI=1S/C23H30N4O2/c1-24-23(26-20-7-5-8-22(17-20)29-16-6-15-28-2)25-18-19-9-11-21(12-10-19)27-13-3-4-14-27/h3-5,7-12,17H,6,13-16,18H2,1-2H3,(H2,24,25,26). The Labute approximate surface area is 173 Å². The van der Waals surface area contributed by atoms with Gasteiger partial charge in [0, 0.05) is 64.3 Å². The van der Waals surface area contributed by atoms with E-state index in [0.717, 1.165) is 30.9 Å². The maximum absolute atomic E-state index is 5.76. The molecule has 3 rings (SSSR count). The van der Waals surface area contributed by atoms with Crippen LogP contribution in [0.15, 0.2) is 65.7 Å². The first-order chi connectivity index (χ1) is 14.3. The fourth-order valence-corrected chi connectivity index (χ4v) is 3.07. The first kappa shape index (κ1) is 20.7. The summed E-state index contributed by atoms with van der Waals surface area (Å²) in [5.41, 5.74) is 3.39. The van der Waals surface area contributed by atoms with Gasteiger partial charge in [0.2, 0.25) is 0 Å². The quantitative estimate of drug-likeness (QED) is 0.294. The average Bonchev–Trinajstić information content (AvgIpc) is 3.30. The number of anilines is 2. The van der Waals surface area contributed by atoms with Gasteiger partial charge in [-0.25, -0.2) is 0 Å². The highest BCUT2D eigenvalue weighted by Crippen LogP contribution is 2.19. The Morgan fingerprint density at radius 1 is 1.07 bits per heavy atom. The van der Waals surface area contributed by atoms with Crippen LogP contribution in [-0.4, -0.2) is 46.4 Å². The van der Waals surface area contributed by atoms with Crippen LogP contribution in [0.4, 0.5) is 11.4 Å². The molecule has 0 radical (unpaired) electrons. The fraction of sp³-hybridized carbons (Fsp3) is 0.348. The molecule has 6 nitrogen and oxygen atoms in total. The van der Waals surface area contributed by atoms with Crippen LogP contribution in [0.1, 0.15) is 12.0 Å². The summed E-state index contributed by atoms with van der Waals surface area (Å²) in [5, 5.41) is 6.67. The summed E-state index contributed by atoms with van der Waals surface area (Å²) in [5.74, 6) is 1.54. The molecule has 154 valence electrons. The van der Waals surface area contributed by atoms with Crippen molar-refractivity contribution in [1.82, 2.24) is 5.32 Å². The maximum atomic E-state index is 5.76. The molecular formula is C23H30N4O2. The smallest absolute Gasteiger partial charge is 0.195 e. The predicted molar refractivity (Wildman–Crippen MR) is 120 cm³/mol. The van der Waals surface area contributed by atoms with Gasteiger partial charge in [0.05, 0.1) is 6.61 Å². The molecule has 1 heterocycles. The number of guanidine groups is 1. The van der Waals surface area contributed by atoms with E-state index in [4.69, 9.17) is 9.47 Å². The molecule has 0 spiro atoms. The van der Waals surface area contributed by atoms with E-state index in [1.165, 1.54) is 11.3 Å². The second-order valence-corrected chi connectivity index (χ2v) is 6.82. The SMILES string of the molecule is CN=C(NCc1ccc(N2CC=CC2)cc1)Nc1cccc(OCCCOC)c1. The van der Waals surface area contributed by atoms with E-state index in [1.807, 2.05) is 24.3 Å². The van der Waals surface area contributed by atoms with Crippen molar-refractivity contribution in [3.63, 3.8) is 0 Å². The van der Waals surface area contributed by atoms with E-state index >= 15 is 0 Å². The van der Waals surface area contributed by atoms with Gasteiger partial charge in [-0.1, -0.05) is 30.4 Å². The van der Waals surface area contributed by atoms with Gasteiger partial charge in [0.25, 0.3) is 0 Å². The minimum Gasteiger partial charge on any atom is -0.493 e. The molecule has 0 amide bonds. The number of ether oxygens (including phenoxy) is 2. The third-order valence-corrected chi connectivity index (χ3v) is 4.66. The Morgan fingerprint density at radius 3 is 2.59 bits per heavy atom. The van der Waals surface area contributed by atoms with Gasteiger partial charge in [0.1, 0.15) is 5.75 Å². The van der Waals surface area contributed by atoms with E-state index in [9.17, 15) is 0 Å². The maximum Gasteiger partial charge on any atom is 0.195 e. The number of nitrogens with one attached hydrogen (secondary N) is 2. The second kappa shape index (κ2) is 11.1. The van der Waals surface area contributed by atoms with Crippen LogP contribution in [0.2, 0.25) is 0 Å². The van der Waals surface area contributed by atoms with Gasteiger partial charge >= 0.3 is 0 Å². The molecule has 0 saturated heterocycles. The van der Waals surface area contributed by atoms with Crippen LogP contribution in [0.25, 0.3) is 0 Å². The second-order valence-electron chi connectivity index (χ2n) is 6.82. The zero-order chi connectivity index (χ0) is 20.3. The summed E-state index contributed by atoms with van der Waals surface area (Å²) < 4.78 is 10.8. The van der Waals surface area contributed by atoms with E-state index in [1.54, 1.807) is 14.2 Å². The average molecular weight is 395 g/mol. The van der Waals surface area contributed by atoms with Gasteiger partial charge in [0.15, 0.2) is 5.96 Å². The van der Waals surface area contributed by atoms with Crippen LogP contribution < -0.4 is 20.3 Å². The van der Waals surface area contributed by atoms with Crippen molar-refractivity contribution in [2.75, 3.05) is 50.7 Å². The Balaban J connectivity index is 1.49. The Morgan fingerprint density at radius 2 is 1.86 bits per heavy atom. The van der Waals surface area contributed by atoms with Gasteiger partial charge in [-0.05, 0) is 29.8 Å². The highest BCUT2D eigenvalue weighted by atomic mass is 16.5. The van der Waals surface area contributed by atoms with E-state index in [-0.39, 0.29) is 0 Å². The minimum atomic E-state index is 0.633. The number of hydrogen-bond acceptors (Lipinski definition) is 4. The third-order valence-electron chi connectivity index (χ3n) is 4.66. The van der Waals surface area contributed by atoms with Crippen molar-refractivity contribution in [2.24, 2.45) is 4.99 Å². The van der Waals surface area contributed by atoms with Crippen LogP contribution in [0.3, 0.4) is 0 Å². The lowest BCUT2D eigenvalue weighted by Gasteiger charge is -2.18. The molecule has 0 unspecified atom stereocenters. The molecule has 6 heteroatoms. The van der Waals surface area contributed by atoms with Crippen LogP contribution in [0.5, 0.6) is 5.75 Å². The third kappa shape index (κ3) is 6.54. The van der Waals surface area contributed by atoms with Crippen molar-refractivity contribution >= 4 is 17.3 Å². The lowest BCUT2D eigenvalue weighted by Crippen LogP contribution is -2.30. The molecule has 0 saturated carbocycles. The van der Waals surface area contributed by atoms with Gasteiger partial charge in [-0.3, -0.25) is 4.99 Å². The Bertz CT molecular complexity index is 810. The molecule has 1 aliphatic heterocycles. The Kier molecular flexibility index (Phi) is 7.95. The molecule has 29 heavy (non-hydrogen) atoms. The number of benzene rings is 2. The first-order valence-corrected chi connectivity index (χ1v) is 9.97. The molecule has 0 aromatic heterocycles. The van der Waals surface area contributed by atoms with Crippen molar-refractivity contribution < 1.29 is 9.47 Å². The minimum absolute atomic E-state index is 0.633. The summed E-state index contributed by atoms with van der Waals surface area (Å²) in [6, 6.07) is 16.5. The van der Waals surface area contributed by atoms with Crippen molar-refractivity contribution in [3.05, 3.63) is 66.2 Å². The summed E-state index contributed by atoms with van der Waals surface area (Å²) in [6.45, 7) is 4.01. The molecule has 1 aliphatic rings. The highest BCUT2D eigenvalue weighted by molar-refractivity contribution is 5.93. The normalized spacial score (nSPS) is 13.6. The molecule has 0 aliphatic carbocycles. The molecular weight excluding hydrogens is 364 g/mol. The summed E-state index contributed by atoms with van der Waals surface area (Å²) in [7, 11) is 3.46. The highest BCUT2D eigenvalue weighted by Gasteiger charge is 2.07. The zero-order valence-electron chi connectivity index (χ0n) is 17.2. The van der Waals surface area contributed by atoms with Crippen LogP contribution in [0, 0.1) is 0 Å². The molecule has 0 bridgehead atoms. The largest absolute Gasteiger partial charge is 0.493 e. The number of aliphatic imine (C=N–C) groups is 1. The van der Waals surface area contributed by atoms with Gasteiger partial charge in [-0.15, -0.1) is 0 Å². The lowest BCUT2D eigenvalue weighted by atomic mass is 10.2. The Hall–Kier alpha value is -2.99. The monoisotopic (exact) mass is 394 g/mol. The molecule has 2 N–H and O–H groups in total. The topological polar surface area (TPSA) is 58.1 Å². The number of hydrogen-bond donors (Lipinski definition) is 2. The zero-order valence-corrected chi connectivity index (χ0v) is 17.2. The van der Waals surface area contributed by atoms with Crippen molar-refractivity contribution in [3.8, 4) is 5.75 Å². The summed E-state index contributed by atoms with van der Waals surface area (Å²) >= 11 is 0. The van der Waals surface area contributed by atoms with E-state index in [0.29, 0.717) is 25.7 Å². The summed E-state index contributed by atoms with van der Waals surface area (Å²) in [6.07, 6.45) is 5.26. The van der Waals surface area contributed by atoms with Gasteiger partial charge < -0.3 is 25.0 Å². The van der Waals surface area contributed by atoms with E-state index < -0.39 is 0 Å². The molecule has 0 atom stereocenters. The van der Waals surface area contributed by atoms with Gasteiger partial charge in [-0.2, -0.15) is 0 Å².